The molecule has 1 aliphatic carbocycles. The van der Waals surface area contributed by atoms with E-state index in [0.717, 1.165) is 22.4 Å². The first-order valence-electron chi connectivity index (χ1n) is 17.6. The third-order valence-electron chi connectivity index (χ3n) is 10.3. The maximum atomic E-state index is 14.4. The van der Waals surface area contributed by atoms with Gasteiger partial charge in [0.1, 0.15) is 53.3 Å². The normalized spacial score (nSPS) is 25.9. The fourth-order valence-corrected chi connectivity index (χ4v) is 7.59. The summed E-state index contributed by atoms with van der Waals surface area (Å²) in [6, 6.07) is 29.6. The highest BCUT2D eigenvalue weighted by atomic mass is 16.8. The second-order valence-electron chi connectivity index (χ2n) is 14.1. The minimum atomic E-state index is -1.43. The number of carbonyl (C=O) groups excluding carboxylic acids is 2. The van der Waals surface area contributed by atoms with E-state index in [1.54, 1.807) is 45.6 Å². The molecule has 2 amide bonds. The first kappa shape index (κ1) is 36.6. The Kier molecular flexibility index (Phi) is 10.3. The van der Waals surface area contributed by atoms with E-state index in [1.807, 2.05) is 93.6 Å². The van der Waals surface area contributed by atoms with Crippen molar-refractivity contribution in [2.24, 2.45) is 0 Å². The van der Waals surface area contributed by atoms with Crippen LogP contribution in [0.1, 0.15) is 58.2 Å². The average Bonchev–Trinajstić information content (AvgIpc) is 3.65. The van der Waals surface area contributed by atoms with Crippen molar-refractivity contribution >= 4 is 11.8 Å². The summed E-state index contributed by atoms with van der Waals surface area (Å²) in [5.41, 5.74) is 1.83. The molecule has 1 saturated heterocycles. The molecule has 2 fully saturated rings. The molecule has 2 heterocycles. The van der Waals surface area contributed by atoms with Crippen LogP contribution in [0, 0.1) is 0 Å². The van der Waals surface area contributed by atoms with Crippen molar-refractivity contribution in [3.63, 3.8) is 0 Å². The van der Waals surface area contributed by atoms with E-state index < -0.39 is 53.7 Å². The zero-order valence-corrected chi connectivity index (χ0v) is 30.8. The number of nitrogens with zero attached hydrogens (tertiary/aromatic N) is 1. The van der Waals surface area contributed by atoms with Gasteiger partial charge in [0.25, 0.3) is 11.8 Å². The summed E-state index contributed by atoms with van der Waals surface area (Å²) in [6.45, 7) is 5.96. The SMILES string of the molecule is COc1ccc(CO[C@@H]2[C@@H](OCc3ccc(OC)cc3)[C@H](OCc3ccc(OC)cc3)[C@](C)(N3C(=O)c4ccccc4C3=O)[C@H]3OC(C)(C)O[C@@H]23)cc1. The standard InChI is InChI=1S/C42H45NO10/c1-41(2)52-36-34(49-23-26-11-17-29(46-4)18-12-26)35(50-24-27-13-19-30(47-5)20-14-27)37(51-25-28-15-21-31(48-6)22-16-28)42(3,38(36)53-41)43-39(44)32-9-7-8-10-33(32)40(43)45/h7-22,34-38H,23-25H2,1-6H3/t34-,35-,36+,37+,38+,42+/m1/s1. The minimum Gasteiger partial charge on any atom is -0.497 e. The number of rotatable bonds is 13. The maximum absolute atomic E-state index is 14.4. The van der Waals surface area contributed by atoms with Gasteiger partial charge in [0.2, 0.25) is 0 Å². The maximum Gasteiger partial charge on any atom is 0.262 e. The van der Waals surface area contributed by atoms with E-state index in [-0.39, 0.29) is 19.8 Å². The van der Waals surface area contributed by atoms with Crippen LogP contribution in [-0.2, 0) is 43.5 Å². The molecular weight excluding hydrogens is 678 g/mol. The number of methoxy groups -OCH3 is 3. The highest BCUT2D eigenvalue weighted by Gasteiger charge is 2.69. The van der Waals surface area contributed by atoms with Crippen molar-refractivity contribution in [1.29, 1.82) is 0 Å². The molecule has 1 saturated carbocycles. The number of fused-ring (bicyclic) bond motifs is 2. The van der Waals surface area contributed by atoms with Crippen LogP contribution in [0.5, 0.6) is 17.2 Å². The number of carbonyl (C=O) groups is 2. The summed E-state index contributed by atoms with van der Waals surface area (Å²) in [5.74, 6) is 0.172. The van der Waals surface area contributed by atoms with Crippen LogP contribution in [0.2, 0.25) is 0 Å². The Labute approximate surface area is 309 Å². The van der Waals surface area contributed by atoms with E-state index in [1.165, 1.54) is 4.90 Å². The number of hydrogen-bond donors (Lipinski definition) is 0. The molecule has 3 aliphatic rings. The zero-order chi connectivity index (χ0) is 37.3. The Morgan fingerprint density at radius 3 is 1.42 bits per heavy atom. The molecule has 6 atom stereocenters. The summed E-state index contributed by atoms with van der Waals surface area (Å²) < 4.78 is 50.1. The van der Waals surface area contributed by atoms with E-state index in [9.17, 15) is 9.59 Å². The molecule has 0 radical (unpaired) electrons. The lowest BCUT2D eigenvalue weighted by molar-refractivity contribution is -0.246. The van der Waals surface area contributed by atoms with Gasteiger partial charge in [-0.15, -0.1) is 0 Å². The summed E-state index contributed by atoms with van der Waals surface area (Å²) in [6.07, 6.45) is -4.20. The van der Waals surface area contributed by atoms with Gasteiger partial charge >= 0.3 is 0 Å². The van der Waals surface area contributed by atoms with Gasteiger partial charge in [-0.2, -0.15) is 0 Å². The van der Waals surface area contributed by atoms with Crippen molar-refractivity contribution in [2.75, 3.05) is 21.3 Å². The van der Waals surface area contributed by atoms with Gasteiger partial charge in [0, 0.05) is 0 Å². The zero-order valence-electron chi connectivity index (χ0n) is 30.8. The number of hydrogen-bond acceptors (Lipinski definition) is 10. The van der Waals surface area contributed by atoms with Crippen LogP contribution in [-0.4, -0.2) is 79.9 Å². The first-order valence-corrected chi connectivity index (χ1v) is 17.6. The number of ether oxygens (including phenoxy) is 8. The van der Waals surface area contributed by atoms with Crippen molar-refractivity contribution in [2.45, 2.75) is 82.4 Å². The second kappa shape index (κ2) is 14.9. The van der Waals surface area contributed by atoms with Crippen LogP contribution in [0.3, 0.4) is 0 Å². The number of amides is 2. The molecule has 4 aromatic rings. The van der Waals surface area contributed by atoms with Gasteiger partial charge in [-0.1, -0.05) is 48.5 Å². The quantitative estimate of drug-likeness (QED) is 0.145. The van der Waals surface area contributed by atoms with Crippen LogP contribution < -0.4 is 14.2 Å². The highest BCUT2D eigenvalue weighted by Crippen LogP contribution is 2.50. The Morgan fingerprint density at radius 2 is 0.981 bits per heavy atom. The lowest BCUT2D eigenvalue weighted by Crippen LogP contribution is -2.76. The highest BCUT2D eigenvalue weighted by molar-refractivity contribution is 6.22. The van der Waals surface area contributed by atoms with Gasteiger partial charge in [0.15, 0.2) is 5.79 Å². The molecule has 0 bridgehead atoms. The molecule has 0 unspecified atom stereocenters. The predicted molar refractivity (Wildman–Crippen MR) is 194 cm³/mol. The molecule has 0 aromatic heterocycles. The van der Waals surface area contributed by atoms with Crippen LogP contribution in [0.4, 0.5) is 0 Å². The molecule has 53 heavy (non-hydrogen) atoms. The summed E-state index contributed by atoms with van der Waals surface area (Å²) in [7, 11) is 4.85. The number of imide groups is 1. The fraction of sp³-hybridized carbons (Fsp3) is 0.381. The van der Waals surface area contributed by atoms with Crippen molar-refractivity contribution in [3.05, 3.63) is 125 Å². The van der Waals surface area contributed by atoms with E-state index in [4.69, 9.17) is 37.9 Å². The molecule has 0 spiro atoms. The van der Waals surface area contributed by atoms with Gasteiger partial charge in [0.05, 0.1) is 52.3 Å². The van der Waals surface area contributed by atoms with Gasteiger partial charge in [-0.3, -0.25) is 14.5 Å². The molecule has 4 aromatic carbocycles. The fourth-order valence-electron chi connectivity index (χ4n) is 7.59. The minimum absolute atomic E-state index is 0.128. The molecule has 11 heteroatoms. The topological polar surface area (TPSA) is 111 Å². The van der Waals surface area contributed by atoms with Crippen molar-refractivity contribution < 1.29 is 47.5 Å². The molecule has 11 nitrogen and oxygen atoms in total. The summed E-state index contributed by atoms with van der Waals surface area (Å²) in [5, 5.41) is 0. The first-order chi connectivity index (χ1) is 25.6. The summed E-state index contributed by atoms with van der Waals surface area (Å²) >= 11 is 0. The molecular formula is C42H45NO10. The van der Waals surface area contributed by atoms with Crippen molar-refractivity contribution in [3.8, 4) is 17.2 Å². The molecule has 7 rings (SSSR count). The Bertz CT molecular complexity index is 1880. The Balaban J connectivity index is 1.33. The third-order valence-corrected chi connectivity index (χ3v) is 10.3. The lowest BCUT2D eigenvalue weighted by Gasteiger charge is -2.55. The van der Waals surface area contributed by atoms with E-state index in [0.29, 0.717) is 22.6 Å². The predicted octanol–water partition coefficient (Wildman–Crippen LogP) is 6.36. The van der Waals surface area contributed by atoms with Crippen LogP contribution in [0.25, 0.3) is 0 Å². The van der Waals surface area contributed by atoms with Crippen molar-refractivity contribution in [1.82, 2.24) is 4.90 Å². The van der Waals surface area contributed by atoms with E-state index in [2.05, 4.69) is 0 Å². The van der Waals surface area contributed by atoms with Gasteiger partial charge in [-0.25, -0.2) is 0 Å². The smallest absolute Gasteiger partial charge is 0.262 e. The summed E-state index contributed by atoms with van der Waals surface area (Å²) in [4.78, 5) is 30.1. The Morgan fingerprint density at radius 1 is 0.566 bits per heavy atom. The van der Waals surface area contributed by atoms with Crippen LogP contribution >= 0.6 is 0 Å². The molecule has 2 aliphatic heterocycles. The van der Waals surface area contributed by atoms with Gasteiger partial charge < -0.3 is 37.9 Å². The third kappa shape index (κ3) is 7.03. The Hall–Kier alpha value is -4.78. The molecule has 278 valence electrons. The van der Waals surface area contributed by atoms with Gasteiger partial charge in [-0.05, 0) is 86.0 Å². The second-order valence-corrected chi connectivity index (χ2v) is 14.1. The van der Waals surface area contributed by atoms with E-state index >= 15 is 0 Å². The number of benzene rings is 4. The monoisotopic (exact) mass is 723 g/mol. The largest absolute Gasteiger partial charge is 0.497 e. The molecule has 0 N–H and O–H groups in total. The average molecular weight is 724 g/mol. The lowest BCUT2D eigenvalue weighted by atomic mass is 9.71. The van der Waals surface area contributed by atoms with Crippen LogP contribution in [0.15, 0.2) is 97.1 Å².